The van der Waals surface area contributed by atoms with E-state index in [1.54, 1.807) is 0 Å². The lowest BCUT2D eigenvalue weighted by molar-refractivity contribution is 0.0725. The summed E-state index contributed by atoms with van der Waals surface area (Å²) in [4.78, 5) is 0. The molecule has 2 atom stereocenters. The van der Waals surface area contributed by atoms with Crippen molar-refractivity contribution in [3.05, 3.63) is 29.8 Å². The Labute approximate surface area is 77.5 Å². The van der Waals surface area contributed by atoms with Gasteiger partial charge in [0.25, 0.3) is 0 Å². The third kappa shape index (κ3) is 0.923. The smallest absolute Gasteiger partial charge is 0.132 e. The van der Waals surface area contributed by atoms with Crippen molar-refractivity contribution >= 4 is 0 Å². The lowest BCUT2D eigenvalue weighted by atomic mass is 9.94. The molecule has 0 aliphatic carbocycles. The number of rotatable bonds is 0. The zero-order valence-electron chi connectivity index (χ0n) is 7.78. The maximum atomic E-state index is 5.85. The molecule has 2 heterocycles. The fourth-order valence-electron chi connectivity index (χ4n) is 2.03. The topological polar surface area (TPSA) is 21.8 Å². The fraction of sp³-hybridized carbons (Fsp3) is 0.455. The summed E-state index contributed by atoms with van der Waals surface area (Å²) in [6.07, 6.45) is 0.530. The van der Waals surface area contributed by atoms with Gasteiger partial charge < -0.3 is 9.47 Å². The van der Waals surface area contributed by atoms with Gasteiger partial charge in [0.1, 0.15) is 23.6 Å². The molecule has 1 saturated heterocycles. The van der Waals surface area contributed by atoms with Crippen LogP contribution >= 0.6 is 0 Å². The maximum absolute atomic E-state index is 5.85. The molecule has 0 saturated carbocycles. The molecule has 1 aromatic carbocycles. The van der Waals surface area contributed by atoms with Crippen LogP contribution in [-0.2, 0) is 4.74 Å². The second-order valence-electron chi connectivity index (χ2n) is 4.22. The molecule has 0 spiro atoms. The number of epoxide rings is 1. The molecular weight excluding hydrogens is 164 g/mol. The zero-order chi connectivity index (χ0) is 9.05. The average molecular weight is 176 g/mol. The summed E-state index contributed by atoms with van der Waals surface area (Å²) in [7, 11) is 0. The van der Waals surface area contributed by atoms with E-state index in [0.29, 0.717) is 0 Å². The van der Waals surface area contributed by atoms with Crippen LogP contribution in [0.5, 0.6) is 5.75 Å². The third-order valence-corrected chi connectivity index (χ3v) is 2.78. The maximum Gasteiger partial charge on any atom is 0.132 e. The van der Waals surface area contributed by atoms with Crippen LogP contribution in [0.1, 0.15) is 25.5 Å². The van der Waals surface area contributed by atoms with E-state index in [1.165, 1.54) is 5.56 Å². The van der Waals surface area contributed by atoms with Gasteiger partial charge in [-0.3, -0.25) is 0 Å². The molecule has 1 aromatic rings. The summed E-state index contributed by atoms with van der Waals surface area (Å²) < 4.78 is 11.4. The minimum absolute atomic E-state index is 0.168. The summed E-state index contributed by atoms with van der Waals surface area (Å²) in [5, 5.41) is 0. The lowest BCUT2D eigenvalue weighted by Gasteiger charge is -2.29. The Morgan fingerprint density at radius 1 is 1.23 bits per heavy atom. The van der Waals surface area contributed by atoms with E-state index in [0.717, 1.165) is 5.75 Å². The first-order valence-corrected chi connectivity index (χ1v) is 4.62. The number of para-hydroxylation sites is 1. The highest BCUT2D eigenvalue weighted by Crippen LogP contribution is 2.53. The van der Waals surface area contributed by atoms with Crippen LogP contribution in [0.15, 0.2) is 24.3 Å². The minimum atomic E-state index is -0.168. The molecule has 2 nitrogen and oxygen atoms in total. The normalized spacial score (nSPS) is 32.8. The van der Waals surface area contributed by atoms with E-state index >= 15 is 0 Å². The van der Waals surface area contributed by atoms with Gasteiger partial charge in [0.2, 0.25) is 0 Å². The van der Waals surface area contributed by atoms with Crippen LogP contribution in [0.25, 0.3) is 0 Å². The van der Waals surface area contributed by atoms with Crippen LogP contribution in [0.3, 0.4) is 0 Å². The minimum Gasteiger partial charge on any atom is -0.485 e. The highest BCUT2D eigenvalue weighted by molar-refractivity contribution is 5.41. The third-order valence-electron chi connectivity index (χ3n) is 2.78. The van der Waals surface area contributed by atoms with Gasteiger partial charge in [-0.05, 0) is 19.9 Å². The van der Waals surface area contributed by atoms with Gasteiger partial charge in [-0.25, -0.2) is 0 Å². The predicted octanol–water partition coefficient (Wildman–Crippen LogP) is 2.30. The van der Waals surface area contributed by atoms with Crippen molar-refractivity contribution in [1.29, 1.82) is 0 Å². The van der Waals surface area contributed by atoms with E-state index < -0.39 is 0 Å². The highest BCUT2D eigenvalue weighted by Gasteiger charge is 2.56. The van der Waals surface area contributed by atoms with Gasteiger partial charge >= 0.3 is 0 Å². The number of ether oxygens (including phenoxy) is 2. The fourth-order valence-corrected chi connectivity index (χ4v) is 2.03. The van der Waals surface area contributed by atoms with Gasteiger partial charge in [0, 0.05) is 5.56 Å². The molecule has 0 N–H and O–H groups in total. The van der Waals surface area contributed by atoms with Crippen molar-refractivity contribution in [2.45, 2.75) is 31.7 Å². The van der Waals surface area contributed by atoms with Gasteiger partial charge in [0.05, 0.1) is 0 Å². The quantitative estimate of drug-likeness (QED) is 0.566. The molecule has 13 heavy (non-hydrogen) atoms. The van der Waals surface area contributed by atoms with Crippen molar-refractivity contribution < 1.29 is 9.47 Å². The van der Waals surface area contributed by atoms with Gasteiger partial charge in [-0.1, -0.05) is 18.2 Å². The van der Waals surface area contributed by atoms with Gasteiger partial charge in [-0.15, -0.1) is 0 Å². The van der Waals surface area contributed by atoms with E-state index in [9.17, 15) is 0 Å². The van der Waals surface area contributed by atoms with Crippen LogP contribution in [0.4, 0.5) is 0 Å². The largest absolute Gasteiger partial charge is 0.485 e. The summed E-state index contributed by atoms with van der Waals surface area (Å²) in [6.45, 7) is 4.15. The Balaban J connectivity index is 2.11. The van der Waals surface area contributed by atoms with Crippen LogP contribution in [0, 0.1) is 0 Å². The number of hydrogen-bond donors (Lipinski definition) is 0. The summed E-state index contributed by atoms with van der Waals surface area (Å²) in [5.74, 6) is 0.978. The highest BCUT2D eigenvalue weighted by atomic mass is 16.6. The lowest BCUT2D eigenvalue weighted by Crippen LogP contribution is -2.37. The molecule has 1 fully saturated rings. The number of hydrogen-bond acceptors (Lipinski definition) is 2. The molecular formula is C11H12O2. The first kappa shape index (κ1) is 7.39. The van der Waals surface area contributed by atoms with E-state index in [-0.39, 0.29) is 17.8 Å². The molecule has 0 radical (unpaired) electrons. The Bertz CT molecular complexity index is 357. The van der Waals surface area contributed by atoms with Crippen molar-refractivity contribution in [3.8, 4) is 5.75 Å². The van der Waals surface area contributed by atoms with Crippen molar-refractivity contribution in [2.24, 2.45) is 0 Å². The molecule has 0 amide bonds. The number of fused-ring (bicyclic) bond motifs is 3. The predicted molar refractivity (Wildman–Crippen MR) is 48.8 cm³/mol. The first-order chi connectivity index (χ1) is 6.18. The molecule has 0 aromatic heterocycles. The molecule has 2 aliphatic rings. The van der Waals surface area contributed by atoms with Gasteiger partial charge in [-0.2, -0.15) is 0 Å². The molecule has 2 aliphatic heterocycles. The summed E-state index contributed by atoms with van der Waals surface area (Å²) >= 11 is 0. The van der Waals surface area contributed by atoms with E-state index in [4.69, 9.17) is 9.47 Å². The van der Waals surface area contributed by atoms with Crippen LogP contribution < -0.4 is 4.74 Å². The van der Waals surface area contributed by atoms with Crippen molar-refractivity contribution in [3.63, 3.8) is 0 Å². The van der Waals surface area contributed by atoms with Crippen molar-refractivity contribution in [2.75, 3.05) is 0 Å². The van der Waals surface area contributed by atoms with E-state index in [1.807, 2.05) is 18.2 Å². The zero-order valence-corrected chi connectivity index (χ0v) is 7.78. The second kappa shape index (κ2) is 2.07. The molecule has 3 rings (SSSR count). The SMILES string of the molecule is CC1(C)Oc2ccccc2[C@@H]2O[C@H]21. The Hall–Kier alpha value is -1.02. The standard InChI is InChI=1S/C11H12O2/c1-11(2)10-9(12-10)7-5-3-4-6-8(7)13-11/h3-6,9-10H,1-2H3/t9-,10+/m0/s1. The molecule has 0 unspecified atom stereocenters. The average Bonchev–Trinajstić information content (AvgIpc) is 2.83. The van der Waals surface area contributed by atoms with E-state index in [2.05, 4.69) is 19.9 Å². The molecule has 68 valence electrons. The summed E-state index contributed by atoms with van der Waals surface area (Å²) in [6, 6.07) is 8.11. The Kier molecular flexibility index (Phi) is 1.18. The van der Waals surface area contributed by atoms with Crippen LogP contribution in [0.2, 0.25) is 0 Å². The molecule has 2 heteroatoms. The van der Waals surface area contributed by atoms with Crippen LogP contribution in [-0.4, -0.2) is 11.7 Å². The summed E-state index contributed by atoms with van der Waals surface area (Å²) in [5.41, 5.74) is 1.03. The molecule has 0 bridgehead atoms. The number of benzene rings is 1. The first-order valence-electron chi connectivity index (χ1n) is 4.62. The van der Waals surface area contributed by atoms with Crippen molar-refractivity contribution in [1.82, 2.24) is 0 Å². The Morgan fingerprint density at radius 2 is 2.00 bits per heavy atom. The second-order valence-corrected chi connectivity index (χ2v) is 4.22. The van der Waals surface area contributed by atoms with Gasteiger partial charge in [0.15, 0.2) is 0 Å². The Morgan fingerprint density at radius 3 is 2.85 bits per heavy atom. The monoisotopic (exact) mass is 176 g/mol.